The number of phosphoric acid groups is 1. The van der Waals surface area contributed by atoms with Crippen molar-refractivity contribution in [1.82, 2.24) is 16.0 Å². The molecule has 14 heteroatoms. The van der Waals surface area contributed by atoms with Gasteiger partial charge in [-0.25, -0.2) is 4.57 Å². The van der Waals surface area contributed by atoms with Gasteiger partial charge >= 0.3 is 7.82 Å². The number of nitrogens with one attached hydrogen (secondary N) is 3. The van der Waals surface area contributed by atoms with Crippen LogP contribution in [0.5, 0.6) is 0 Å². The molecule has 3 N–H and O–H groups in total. The lowest BCUT2D eigenvalue weighted by atomic mass is 11.2. The van der Waals surface area contributed by atoms with E-state index >= 15 is 0 Å². The van der Waals surface area contributed by atoms with E-state index in [1.807, 2.05) is 0 Å². The van der Waals surface area contributed by atoms with Crippen LogP contribution in [-0.2, 0) is 18.1 Å². The molecule has 0 radical (unpaired) electrons. The predicted octanol–water partition coefficient (Wildman–Crippen LogP) is 3.07. The summed E-state index contributed by atoms with van der Waals surface area (Å²) >= 11 is 32.4. The summed E-state index contributed by atoms with van der Waals surface area (Å²) in [6.07, 6.45) is 0. The van der Waals surface area contributed by atoms with Gasteiger partial charge in [-0.1, -0.05) is 69.6 Å². The van der Waals surface area contributed by atoms with Crippen molar-refractivity contribution in [3.8, 4) is 0 Å². The van der Waals surface area contributed by atoms with Crippen LogP contribution in [0.1, 0.15) is 0 Å². The van der Waals surface area contributed by atoms with Gasteiger partial charge in [0.2, 0.25) is 0 Å². The van der Waals surface area contributed by atoms with Crippen LogP contribution in [-0.4, -0.2) is 35.1 Å². The van der Waals surface area contributed by atoms with Gasteiger partial charge in [-0.3, -0.25) is 29.5 Å². The van der Waals surface area contributed by atoms with Gasteiger partial charge in [-0.15, -0.1) is 0 Å². The minimum atomic E-state index is -3.93. The molecule has 7 nitrogen and oxygen atoms in total. The molecule has 0 aliphatic carbocycles. The van der Waals surface area contributed by atoms with Crippen LogP contribution in [0.2, 0.25) is 0 Å². The van der Waals surface area contributed by atoms with E-state index in [-0.39, 0.29) is 20.2 Å². The third kappa shape index (κ3) is 13.4. The number of halogens is 6. The molecule has 0 amide bonds. The number of rotatable bonds is 12. The summed E-state index contributed by atoms with van der Waals surface area (Å²) in [5.41, 5.74) is 0. The van der Waals surface area contributed by atoms with Crippen molar-refractivity contribution in [1.29, 1.82) is 0 Å². The molecule has 0 spiro atoms. The Morgan fingerprint density at radius 3 is 1.15 bits per heavy atom. The highest BCUT2D eigenvalue weighted by molar-refractivity contribution is 7.48. The summed E-state index contributed by atoms with van der Waals surface area (Å²) < 4.78 is 26.8. The molecule has 0 heterocycles. The molecule has 0 aromatic rings. The van der Waals surface area contributed by atoms with Crippen molar-refractivity contribution in [3.05, 3.63) is 0 Å². The molecule has 0 bridgehead atoms. The second kappa shape index (κ2) is 12.2. The van der Waals surface area contributed by atoms with E-state index < -0.39 is 22.7 Å². The Morgan fingerprint density at radius 2 is 0.950 bits per heavy atom. The van der Waals surface area contributed by atoms with Crippen LogP contribution < -0.4 is 16.0 Å². The van der Waals surface area contributed by atoms with E-state index in [1.165, 1.54) is 0 Å². The van der Waals surface area contributed by atoms with Gasteiger partial charge in [0, 0.05) is 0 Å². The highest BCUT2D eigenvalue weighted by Crippen LogP contribution is 2.48. The van der Waals surface area contributed by atoms with Crippen LogP contribution in [0.4, 0.5) is 0 Å². The molecule has 0 unspecified atom stereocenters. The molecular formula is C6H12Cl6N3O4P. The first-order valence-corrected chi connectivity index (χ1v) is 8.91. The van der Waals surface area contributed by atoms with Crippen molar-refractivity contribution in [3.63, 3.8) is 0 Å². The maximum atomic E-state index is 12.1. The van der Waals surface area contributed by atoms with Gasteiger partial charge in [0.05, 0.1) is 0 Å². The van der Waals surface area contributed by atoms with Gasteiger partial charge < -0.3 is 0 Å². The molecule has 0 aliphatic rings. The Hall–Kier alpha value is 1.73. The molecule has 0 aromatic carbocycles. The molecule has 0 aromatic heterocycles. The van der Waals surface area contributed by atoms with Gasteiger partial charge in [0.1, 0.15) is 20.2 Å². The SMILES string of the molecule is O=P(OCNC(Cl)Cl)(OCNC(Cl)Cl)OCNC(Cl)Cl. The van der Waals surface area contributed by atoms with E-state index in [2.05, 4.69) is 16.0 Å². The normalized spacial score (nSPS) is 12.8. The third-order valence-corrected chi connectivity index (χ3v) is 3.64. The minimum Gasteiger partial charge on any atom is -0.271 e. The summed E-state index contributed by atoms with van der Waals surface area (Å²) in [6.45, 7) is -0.859. The Kier molecular flexibility index (Phi) is 13.2. The lowest BCUT2D eigenvalue weighted by Gasteiger charge is -2.19. The fourth-order valence-corrected chi connectivity index (χ4v) is 1.95. The molecule has 20 heavy (non-hydrogen) atoms. The molecule has 0 atom stereocenters. The smallest absolute Gasteiger partial charge is 0.271 e. The maximum absolute atomic E-state index is 12.1. The van der Waals surface area contributed by atoms with Crippen LogP contribution in [0, 0.1) is 0 Å². The van der Waals surface area contributed by atoms with E-state index in [4.69, 9.17) is 83.2 Å². The zero-order valence-electron chi connectivity index (χ0n) is 9.70. The maximum Gasteiger partial charge on any atom is 0.478 e. The number of alkyl halides is 6. The lowest BCUT2D eigenvalue weighted by Crippen LogP contribution is -2.26. The first-order valence-electron chi connectivity index (χ1n) is 4.83. The summed E-state index contributed by atoms with van der Waals surface area (Å²) in [5, 5.41) is 7.29. The van der Waals surface area contributed by atoms with E-state index in [0.717, 1.165) is 0 Å². The van der Waals surface area contributed by atoms with Gasteiger partial charge in [0.25, 0.3) is 0 Å². The first kappa shape index (κ1) is 21.7. The average molecular weight is 434 g/mol. The minimum absolute atomic E-state index is 0.286. The van der Waals surface area contributed by atoms with E-state index in [9.17, 15) is 4.57 Å². The predicted molar refractivity (Wildman–Crippen MR) is 81.4 cm³/mol. The Bertz CT molecular complexity index is 257. The number of hydrogen-bond donors (Lipinski definition) is 3. The molecule has 0 saturated carbocycles. The van der Waals surface area contributed by atoms with Crippen LogP contribution >= 0.6 is 77.4 Å². The Labute approximate surface area is 146 Å². The Balaban J connectivity index is 4.23. The second-order valence-corrected chi connectivity index (χ2v) is 7.74. The number of hydrogen-bond acceptors (Lipinski definition) is 7. The standard InChI is InChI=1S/C6H12Cl6N3O4P/c7-4(8)13-1-17-20(16,18-2-14-5(9)10)19-3-15-6(11)12/h4-6,13-15H,1-3H2. The largest absolute Gasteiger partial charge is 0.478 e. The summed E-state index contributed by atoms with van der Waals surface area (Å²) in [5.74, 6) is 0. The topological polar surface area (TPSA) is 80.9 Å². The second-order valence-electron chi connectivity index (χ2n) is 2.78. The fourth-order valence-electron chi connectivity index (χ4n) is 0.650. The molecule has 0 saturated heterocycles. The lowest BCUT2D eigenvalue weighted by molar-refractivity contribution is 0.0969. The third-order valence-electron chi connectivity index (χ3n) is 1.38. The summed E-state index contributed by atoms with van der Waals surface area (Å²) in [4.78, 5) is -2.74. The van der Waals surface area contributed by atoms with Crippen molar-refractivity contribution in [2.45, 2.75) is 14.9 Å². The molecule has 0 fully saturated rings. The molecular weight excluding hydrogens is 422 g/mol. The van der Waals surface area contributed by atoms with Gasteiger partial charge in [0.15, 0.2) is 14.9 Å². The van der Waals surface area contributed by atoms with Crippen molar-refractivity contribution >= 4 is 77.4 Å². The number of phosphoric ester groups is 1. The summed E-state index contributed by atoms with van der Waals surface area (Å²) in [6, 6.07) is 0. The summed E-state index contributed by atoms with van der Waals surface area (Å²) in [7, 11) is -3.93. The Morgan fingerprint density at radius 1 is 0.700 bits per heavy atom. The van der Waals surface area contributed by atoms with Crippen molar-refractivity contribution in [2.75, 3.05) is 20.2 Å². The van der Waals surface area contributed by atoms with Gasteiger partial charge in [-0.2, -0.15) is 0 Å². The van der Waals surface area contributed by atoms with Crippen LogP contribution in [0.3, 0.4) is 0 Å². The fraction of sp³-hybridized carbons (Fsp3) is 1.00. The monoisotopic (exact) mass is 431 g/mol. The van der Waals surface area contributed by atoms with Gasteiger partial charge in [-0.05, 0) is 0 Å². The van der Waals surface area contributed by atoms with Crippen molar-refractivity contribution in [2.24, 2.45) is 0 Å². The zero-order valence-corrected chi connectivity index (χ0v) is 15.1. The quantitative estimate of drug-likeness (QED) is 0.189. The molecule has 0 rings (SSSR count). The van der Waals surface area contributed by atoms with E-state index in [0.29, 0.717) is 0 Å². The first-order chi connectivity index (χ1) is 9.25. The van der Waals surface area contributed by atoms with Crippen molar-refractivity contribution < 1.29 is 18.1 Å². The molecule has 0 aliphatic heterocycles. The van der Waals surface area contributed by atoms with E-state index in [1.54, 1.807) is 0 Å². The average Bonchev–Trinajstić information content (AvgIpc) is 2.27. The molecule has 122 valence electrons. The van der Waals surface area contributed by atoms with Crippen LogP contribution in [0.15, 0.2) is 0 Å². The van der Waals surface area contributed by atoms with Crippen LogP contribution in [0.25, 0.3) is 0 Å². The highest BCUT2D eigenvalue weighted by Gasteiger charge is 2.27. The zero-order chi connectivity index (χ0) is 15.6. The highest BCUT2D eigenvalue weighted by atomic mass is 35.5.